The lowest BCUT2D eigenvalue weighted by Crippen LogP contribution is -2.40. The number of unbranched alkanes of at least 4 members (excludes halogenated alkanes) is 2. The molecule has 0 aliphatic heterocycles. The molecule has 0 aliphatic rings. The number of rotatable bonds is 9. The van der Waals surface area contributed by atoms with Crippen LogP contribution in [0.4, 0.5) is 11.4 Å². The Labute approximate surface area is 147 Å². The highest BCUT2D eigenvalue weighted by atomic mass is 16.6. The van der Waals surface area contributed by atoms with E-state index in [0.717, 1.165) is 25.7 Å². The van der Waals surface area contributed by atoms with Gasteiger partial charge in [0.1, 0.15) is 5.75 Å². The van der Waals surface area contributed by atoms with Crippen molar-refractivity contribution >= 4 is 23.2 Å². The maximum Gasteiger partial charge on any atom is 0.314 e. The van der Waals surface area contributed by atoms with Crippen LogP contribution in [0.3, 0.4) is 0 Å². The van der Waals surface area contributed by atoms with Gasteiger partial charge >= 0.3 is 11.8 Å². The molecule has 0 heterocycles. The Balaban J connectivity index is 2.92. The molecule has 0 radical (unpaired) electrons. The predicted molar refractivity (Wildman–Crippen MR) is 94.7 cm³/mol. The quantitative estimate of drug-likeness (QED) is 0.419. The van der Waals surface area contributed by atoms with Crippen LogP contribution < -0.4 is 10.1 Å². The van der Waals surface area contributed by atoms with Crippen molar-refractivity contribution in [3.05, 3.63) is 28.3 Å². The van der Waals surface area contributed by atoms with E-state index in [4.69, 9.17) is 4.74 Å². The van der Waals surface area contributed by atoms with Gasteiger partial charge in [-0.05, 0) is 18.9 Å². The number of nitrogens with one attached hydrogen (secondary N) is 1. The Morgan fingerprint density at radius 2 is 1.80 bits per heavy atom. The number of nitro groups is 1. The molecule has 2 amide bonds. The number of hydrogen-bond acceptors (Lipinski definition) is 5. The van der Waals surface area contributed by atoms with Crippen molar-refractivity contribution in [1.82, 2.24) is 4.90 Å². The van der Waals surface area contributed by atoms with Crippen LogP contribution in [0, 0.1) is 10.1 Å². The van der Waals surface area contributed by atoms with E-state index < -0.39 is 16.7 Å². The minimum atomic E-state index is -0.828. The number of carbonyl (C=O) groups is 2. The second-order valence-electron chi connectivity index (χ2n) is 5.60. The number of benzene rings is 1. The van der Waals surface area contributed by atoms with Crippen LogP contribution in [0.2, 0.25) is 0 Å². The van der Waals surface area contributed by atoms with E-state index in [-0.39, 0.29) is 17.1 Å². The number of methoxy groups -OCH3 is 1. The van der Waals surface area contributed by atoms with E-state index in [1.165, 1.54) is 30.2 Å². The Hall–Kier alpha value is -2.64. The van der Waals surface area contributed by atoms with Crippen LogP contribution in [0.1, 0.15) is 39.5 Å². The topological polar surface area (TPSA) is 102 Å². The first-order valence-corrected chi connectivity index (χ1v) is 8.37. The van der Waals surface area contributed by atoms with Crippen LogP contribution >= 0.6 is 0 Å². The van der Waals surface area contributed by atoms with E-state index in [1.54, 1.807) is 0 Å². The number of carbonyl (C=O) groups excluding carboxylic acids is 2. The molecule has 0 saturated carbocycles. The van der Waals surface area contributed by atoms with Crippen molar-refractivity contribution in [2.45, 2.75) is 39.5 Å². The first-order valence-electron chi connectivity index (χ1n) is 8.37. The molecule has 138 valence electrons. The van der Waals surface area contributed by atoms with Gasteiger partial charge in [-0.2, -0.15) is 0 Å². The van der Waals surface area contributed by atoms with Gasteiger partial charge in [-0.3, -0.25) is 19.7 Å². The summed E-state index contributed by atoms with van der Waals surface area (Å²) in [5, 5.41) is 13.3. The summed E-state index contributed by atoms with van der Waals surface area (Å²) in [7, 11) is 1.38. The molecule has 1 rings (SSSR count). The lowest BCUT2D eigenvalue weighted by Gasteiger charge is -2.22. The molecular formula is C17H25N3O5. The Morgan fingerprint density at radius 3 is 2.28 bits per heavy atom. The Bertz CT molecular complexity index is 610. The van der Waals surface area contributed by atoms with Crippen LogP contribution in [0.25, 0.3) is 0 Å². The average molecular weight is 351 g/mol. The van der Waals surface area contributed by atoms with E-state index >= 15 is 0 Å². The van der Waals surface area contributed by atoms with Gasteiger partial charge < -0.3 is 15.0 Å². The fourth-order valence-electron chi connectivity index (χ4n) is 2.24. The number of anilines is 1. The first-order chi connectivity index (χ1) is 11.9. The van der Waals surface area contributed by atoms with E-state index in [9.17, 15) is 19.7 Å². The minimum absolute atomic E-state index is 0.0981. The molecule has 8 nitrogen and oxygen atoms in total. The van der Waals surface area contributed by atoms with Gasteiger partial charge in [0, 0.05) is 25.2 Å². The third kappa shape index (κ3) is 6.06. The van der Waals surface area contributed by atoms with Gasteiger partial charge in [0.2, 0.25) is 0 Å². The number of hydrogen-bond donors (Lipinski definition) is 1. The van der Waals surface area contributed by atoms with E-state index in [1.807, 2.05) is 13.8 Å². The number of amides is 2. The molecule has 25 heavy (non-hydrogen) atoms. The maximum absolute atomic E-state index is 12.4. The summed E-state index contributed by atoms with van der Waals surface area (Å²) in [5.74, 6) is -1.22. The molecule has 1 aromatic rings. The summed E-state index contributed by atoms with van der Waals surface area (Å²) in [5.41, 5.74) is -0.0987. The standard InChI is InChI=1S/C17H25N3O5/c1-4-6-10-19(11-7-5-2)17(22)16(21)18-14-12-13(20(23)24)8-9-15(14)25-3/h8-9,12H,4-7,10-11H2,1-3H3,(H,18,21). The summed E-state index contributed by atoms with van der Waals surface area (Å²) >= 11 is 0. The van der Waals surface area contributed by atoms with E-state index in [2.05, 4.69) is 5.32 Å². The van der Waals surface area contributed by atoms with Gasteiger partial charge in [-0.25, -0.2) is 0 Å². The van der Waals surface area contributed by atoms with Crippen LogP contribution in [0.15, 0.2) is 18.2 Å². The zero-order chi connectivity index (χ0) is 18.8. The zero-order valence-electron chi connectivity index (χ0n) is 14.9. The molecule has 8 heteroatoms. The summed E-state index contributed by atoms with van der Waals surface area (Å²) < 4.78 is 5.09. The van der Waals surface area contributed by atoms with Gasteiger partial charge in [0.05, 0.1) is 17.7 Å². The van der Waals surface area contributed by atoms with Crippen molar-refractivity contribution in [2.75, 3.05) is 25.5 Å². The smallest absolute Gasteiger partial charge is 0.314 e. The normalized spacial score (nSPS) is 10.2. The van der Waals surface area contributed by atoms with Gasteiger partial charge in [-0.15, -0.1) is 0 Å². The first kappa shape index (κ1) is 20.4. The number of non-ortho nitro benzene ring substituents is 1. The molecule has 0 fully saturated rings. The number of ether oxygens (including phenoxy) is 1. The molecule has 0 spiro atoms. The van der Waals surface area contributed by atoms with Crippen molar-refractivity contribution in [1.29, 1.82) is 0 Å². The molecule has 0 unspecified atom stereocenters. The minimum Gasteiger partial charge on any atom is -0.495 e. The molecule has 0 aromatic heterocycles. The molecule has 1 N–H and O–H groups in total. The molecule has 0 aliphatic carbocycles. The Morgan fingerprint density at radius 1 is 1.20 bits per heavy atom. The van der Waals surface area contributed by atoms with Gasteiger partial charge in [0.15, 0.2) is 0 Å². The highest BCUT2D eigenvalue weighted by molar-refractivity contribution is 6.39. The third-order valence-electron chi connectivity index (χ3n) is 3.69. The van der Waals surface area contributed by atoms with Crippen molar-refractivity contribution in [2.24, 2.45) is 0 Å². The summed E-state index contributed by atoms with van der Waals surface area (Å²) in [6.45, 7) is 5.04. The predicted octanol–water partition coefficient (Wildman–Crippen LogP) is 2.97. The number of nitrogens with zero attached hydrogens (tertiary/aromatic N) is 2. The van der Waals surface area contributed by atoms with Crippen LogP contribution in [0.5, 0.6) is 5.75 Å². The summed E-state index contributed by atoms with van der Waals surface area (Å²) in [6.07, 6.45) is 3.44. The third-order valence-corrected chi connectivity index (χ3v) is 3.69. The highest BCUT2D eigenvalue weighted by Gasteiger charge is 2.23. The second-order valence-corrected chi connectivity index (χ2v) is 5.60. The van der Waals surface area contributed by atoms with Crippen molar-refractivity contribution in [3.63, 3.8) is 0 Å². The monoisotopic (exact) mass is 351 g/mol. The van der Waals surface area contributed by atoms with Crippen molar-refractivity contribution in [3.8, 4) is 5.75 Å². The summed E-state index contributed by atoms with van der Waals surface area (Å²) in [4.78, 5) is 36.6. The summed E-state index contributed by atoms with van der Waals surface area (Å²) in [6, 6.07) is 3.82. The molecular weight excluding hydrogens is 326 g/mol. The van der Waals surface area contributed by atoms with Gasteiger partial charge in [-0.1, -0.05) is 26.7 Å². The second kappa shape index (κ2) is 10.3. The lowest BCUT2D eigenvalue weighted by molar-refractivity contribution is -0.384. The lowest BCUT2D eigenvalue weighted by atomic mass is 10.2. The highest BCUT2D eigenvalue weighted by Crippen LogP contribution is 2.28. The van der Waals surface area contributed by atoms with Crippen molar-refractivity contribution < 1.29 is 19.2 Å². The van der Waals surface area contributed by atoms with E-state index in [0.29, 0.717) is 13.1 Å². The fraction of sp³-hybridized carbons (Fsp3) is 0.529. The largest absolute Gasteiger partial charge is 0.495 e. The maximum atomic E-state index is 12.4. The molecule has 1 aromatic carbocycles. The Kier molecular flexibility index (Phi) is 8.38. The zero-order valence-corrected chi connectivity index (χ0v) is 14.9. The SMILES string of the molecule is CCCCN(CCCC)C(=O)C(=O)Nc1cc([N+](=O)[O-])ccc1OC. The van der Waals surface area contributed by atoms with Gasteiger partial charge in [0.25, 0.3) is 5.69 Å². The molecule has 0 atom stereocenters. The van der Waals surface area contributed by atoms with Crippen LogP contribution in [-0.4, -0.2) is 41.8 Å². The molecule has 0 saturated heterocycles. The fourth-order valence-corrected chi connectivity index (χ4v) is 2.24. The van der Waals surface area contributed by atoms with Crippen LogP contribution in [-0.2, 0) is 9.59 Å². The number of nitro benzene ring substituents is 1. The average Bonchev–Trinajstić information content (AvgIpc) is 2.61. The molecule has 0 bridgehead atoms.